The minimum absolute atomic E-state index is 0.114. The van der Waals surface area contributed by atoms with Gasteiger partial charge in [-0.1, -0.05) is 11.6 Å². The van der Waals surface area contributed by atoms with Crippen LogP contribution in [0.5, 0.6) is 0 Å². The number of hydrazine groups is 1. The molecule has 3 heterocycles. The van der Waals surface area contributed by atoms with Crippen molar-refractivity contribution in [2.75, 3.05) is 17.3 Å². The third-order valence-electron chi connectivity index (χ3n) is 5.01. The van der Waals surface area contributed by atoms with Crippen molar-refractivity contribution in [1.82, 2.24) is 15.2 Å². The molecular formula is C20H21ClN7OS+. The number of aromatic amines is 1. The van der Waals surface area contributed by atoms with Crippen molar-refractivity contribution in [3.63, 3.8) is 0 Å². The van der Waals surface area contributed by atoms with Crippen LogP contribution in [0.1, 0.15) is 18.5 Å². The molecule has 5 rings (SSSR count). The van der Waals surface area contributed by atoms with Gasteiger partial charge in [0.1, 0.15) is 6.54 Å². The van der Waals surface area contributed by atoms with Crippen molar-refractivity contribution >= 4 is 47.1 Å². The minimum atomic E-state index is 0.114. The van der Waals surface area contributed by atoms with Crippen LogP contribution in [0, 0.1) is 12.8 Å². The highest BCUT2D eigenvalue weighted by Crippen LogP contribution is 2.31. The molecule has 3 aliphatic rings. The van der Waals surface area contributed by atoms with E-state index < -0.39 is 0 Å². The Labute approximate surface area is 183 Å². The molecule has 2 aromatic rings. The number of benzene rings is 1. The lowest BCUT2D eigenvalue weighted by Crippen LogP contribution is -3.07. The summed E-state index contributed by atoms with van der Waals surface area (Å²) in [6.45, 7) is 2.55. The van der Waals surface area contributed by atoms with Gasteiger partial charge in [0.25, 0.3) is 0 Å². The summed E-state index contributed by atoms with van der Waals surface area (Å²) in [5.74, 6) is 1.04. The number of rotatable bonds is 6. The maximum atomic E-state index is 11.9. The molecule has 10 heteroatoms. The first kappa shape index (κ1) is 19.2. The van der Waals surface area contributed by atoms with Gasteiger partial charge < -0.3 is 5.32 Å². The Kier molecular flexibility index (Phi) is 5.01. The average Bonchev–Trinajstić information content (AvgIpc) is 3.41. The number of thioether (sulfide) groups is 1. The molecule has 1 saturated carbocycles. The van der Waals surface area contributed by atoms with E-state index >= 15 is 0 Å². The zero-order valence-corrected chi connectivity index (χ0v) is 17.8. The van der Waals surface area contributed by atoms with Crippen LogP contribution in [-0.4, -0.2) is 34.0 Å². The molecule has 2 aliphatic heterocycles. The quantitative estimate of drug-likeness (QED) is 0.516. The number of amides is 1. The number of hydrogen-bond donors (Lipinski definition) is 4. The van der Waals surface area contributed by atoms with Crippen LogP contribution >= 0.6 is 23.4 Å². The smallest absolute Gasteiger partial charge is 0.227 e. The summed E-state index contributed by atoms with van der Waals surface area (Å²) in [5.41, 5.74) is 6.08. The highest BCUT2D eigenvalue weighted by molar-refractivity contribution is 8.02. The molecule has 1 aliphatic carbocycles. The number of aryl methyl sites for hydroxylation is 1. The molecular weight excluding hydrogens is 422 g/mol. The molecule has 1 fully saturated rings. The number of quaternary nitrogens is 1. The molecule has 1 amide bonds. The Hall–Kier alpha value is -2.75. The van der Waals surface area contributed by atoms with Crippen LogP contribution in [0.2, 0.25) is 0 Å². The van der Waals surface area contributed by atoms with Gasteiger partial charge in [0.05, 0.1) is 6.20 Å². The van der Waals surface area contributed by atoms with Crippen LogP contribution in [-0.2, 0) is 4.79 Å². The van der Waals surface area contributed by atoms with E-state index in [-0.39, 0.29) is 11.8 Å². The molecule has 8 nitrogen and oxygen atoms in total. The number of nitrogens with one attached hydrogen (secondary N) is 4. The fourth-order valence-electron chi connectivity index (χ4n) is 3.28. The van der Waals surface area contributed by atoms with Crippen LogP contribution in [0.15, 0.2) is 62.3 Å². The summed E-state index contributed by atoms with van der Waals surface area (Å²) >= 11 is 7.96. The number of fused-ring (bicyclic) bond motifs is 1. The van der Waals surface area contributed by atoms with Gasteiger partial charge in [-0.25, -0.2) is 4.90 Å². The number of H-pyrrole nitrogens is 1. The van der Waals surface area contributed by atoms with Gasteiger partial charge in [0, 0.05) is 28.3 Å². The summed E-state index contributed by atoms with van der Waals surface area (Å²) < 4.78 is 0. The maximum absolute atomic E-state index is 11.9. The van der Waals surface area contributed by atoms with Crippen molar-refractivity contribution in [2.45, 2.75) is 24.7 Å². The second kappa shape index (κ2) is 7.82. The lowest BCUT2D eigenvalue weighted by molar-refractivity contribution is -0.700. The van der Waals surface area contributed by atoms with E-state index in [1.165, 1.54) is 0 Å². The van der Waals surface area contributed by atoms with Crippen molar-refractivity contribution < 1.29 is 9.69 Å². The number of carbonyl (C=O) groups is 1. The Bertz CT molecular complexity index is 1070. The Morgan fingerprint density at radius 3 is 2.83 bits per heavy atom. The monoisotopic (exact) mass is 442 g/mol. The van der Waals surface area contributed by atoms with Crippen molar-refractivity contribution in [3.8, 4) is 0 Å². The highest BCUT2D eigenvalue weighted by atomic mass is 35.5. The topological polar surface area (TPSA) is 89.8 Å². The molecule has 0 spiro atoms. The minimum Gasteiger partial charge on any atom is -0.326 e. The predicted octanol–water partition coefficient (Wildman–Crippen LogP) is 2.64. The third kappa shape index (κ3) is 4.09. The Morgan fingerprint density at radius 1 is 1.33 bits per heavy atom. The van der Waals surface area contributed by atoms with E-state index in [2.05, 4.69) is 25.9 Å². The average molecular weight is 443 g/mol. The van der Waals surface area contributed by atoms with Crippen molar-refractivity contribution in [1.29, 1.82) is 0 Å². The van der Waals surface area contributed by atoms with Crippen molar-refractivity contribution in [3.05, 3.63) is 58.1 Å². The van der Waals surface area contributed by atoms with E-state index in [1.807, 2.05) is 54.8 Å². The number of halogens is 1. The first-order valence-corrected chi connectivity index (χ1v) is 10.9. The van der Waals surface area contributed by atoms with Gasteiger partial charge in [-0.15, -0.1) is 0 Å². The summed E-state index contributed by atoms with van der Waals surface area (Å²) in [4.78, 5) is 18.3. The zero-order valence-electron chi connectivity index (χ0n) is 16.3. The van der Waals surface area contributed by atoms with E-state index in [1.54, 1.807) is 11.8 Å². The number of aromatic nitrogens is 2. The van der Waals surface area contributed by atoms with Crippen molar-refractivity contribution in [2.24, 2.45) is 10.9 Å². The van der Waals surface area contributed by atoms with E-state index in [9.17, 15) is 4.79 Å². The van der Waals surface area contributed by atoms with Gasteiger partial charge in [-0.05, 0) is 55.8 Å². The standard InChI is InChI=1S/C20H20ClN7OS/c1-12-8-17(25-24-12)26-27-9-16-19(21)22-11-28(16)18(10-27)30-15-6-4-14(5-7-15)23-20(29)13-2-3-13/h4-8,10-11,13H,2-3,9H2,1H3,(H,23,29)(H2,24,25,26)/p+1. The molecule has 154 valence electrons. The third-order valence-corrected chi connectivity index (χ3v) is 6.39. The molecule has 0 saturated heterocycles. The number of hydrogen-bond acceptors (Lipinski definition) is 6. The van der Waals surface area contributed by atoms with E-state index in [0.717, 1.165) is 50.6 Å². The van der Waals surface area contributed by atoms with Gasteiger partial charge in [-0.3, -0.25) is 20.3 Å². The molecule has 1 aromatic carbocycles. The predicted molar refractivity (Wildman–Crippen MR) is 118 cm³/mol. The van der Waals surface area contributed by atoms with E-state index in [0.29, 0.717) is 11.7 Å². The van der Waals surface area contributed by atoms with Gasteiger partial charge in [0.2, 0.25) is 12.2 Å². The molecule has 1 aromatic heterocycles. The number of anilines is 2. The molecule has 1 unspecified atom stereocenters. The zero-order chi connectivity index (χ0) is 20.7. The summed E-state index contributed by atoms with van der Waals surface area (Å²) in [6, 6.07) is 9.83. The molecule has 4 N–H and O–H groups in total. The SMILES string of the molecule is Cc1cc(NN2C=C(Sc3ccc(NC(=O)C4CC4)cc3)[NH+]3C=NC(Cl)=C3C2)n[nH]1. The van der Waals surface area contributed by atoms with Crippen LogP contribution in [0.25, 0.3) is 0 Å². The molecule has 1 atom stereocenters. The summed E-state index contributed by atoms with van der Waals surface area (Å²) in [7, 11) is 0. The lowest BCUT2D eigenvalue weighted by Gasteiger charge is -2.29. The number of aliphatic imine (C=N–C) groups is 1. The van der Waals surface area contributed by atoms with Gasteiger partial charge in [-0.2, -0.15) is 10.1 Å². The first-order valence-electron chi connectivity index (χ1n) is 9.71. The van der Waals surface area contributed by atoms with Gasteiger partial charge >= 0.3 is 0 Å². The lowest BCUT2D eigenvalue weighted by atomic mass is 10.3. The highest BCUT2D eigenvalue weighted by Gasteiger charge is 2.35. The summed E-state index contributed by atoms with van der Waals surface area (Å²) in [6.07, 6.45) is 5.85. The fourth-order valence-corrected chi connectivity index (χ4v) is 4.48. The molecule has 0 bridgehead atoms. The van der Waals surface area contributed by atoms with Crippen LogP contribution in [0.3, 0.4) is 0 Å². The second-order valence-electron chi connectivity index (χ2n) is 7.50. The van der Waals surface area contributed by atoms with Gasteiger partial charge in [0.15, 0.2) is 21.7 Å². The largest absolute Gasteiger partial charge is 0.326 e. The normalized spacial score (nSPS) is 20.3. The molecule has 30 heavy (non-hydrogen) atoms. The van der Waals surface area contributed by atoms with Crippen LogP contribution < -0.4 is 15.6 Å². The Morgan fingerprint density at radius 2 is 2.13 bits per heavy atom. The fraction of sp³-hybridized carbons (Fsp3) is 0.250. The number of nitrogens with zero attached hydrogens (tertiary/aromatic N) is 3. The summed E-state index contributed by atoms with van der Waals surface area (Å²) in [5, 5.41) is 13.6. The van der Waals surface area contributed by atoms with Crippen LogP contribution in [0.4, 0.5) is 11.5 Å². The van der Waals surface area contributed by atoms with E-state index in [4.69, 9.17) is 11.6 Å². The Balaban J connectivity index is 1.33. The maximum Gasteiger partial charge on any atom is 0.227 e. The molecule has 0 radical (unpaired) electrons. The first-order chi connectivity index (χ1) is 14.5. The second-order valence-corrected chi connectivity index (χ2v) is 8.97. The number of carbonyl (C=O) groups excluding carboxylic acids is 1.